The first-order valence-electron chi connectivity index (χ1n) is 5.09. The Morgan fingerprint density at radius 3 is 2.35 bits per heavy atom. The number of halogens is 1. The van der Waals surface area contributed by atoms with Crippen molar-refractivity contribution in [2.24, 2.45) is 0 Å². The molecule has 0 saturated heterocycles. The Morgan fingerprint density at radius 1 is 1.29 bits per heavy atom. The third-order valence-corrected chi connectivity index (χ3v) is 1.85. The zero-order valence-corrected chi connectivity index (χ0v) is 9.90. The highest BCUT2D eigenvalue weighted by molar-refractivity contribution is 6.58. The van der Waals surface area contributed by atoms with Crippen LogP contribution in [-0.4, -0.2) is 28.7 Å². The van der Waals surface area contributed by atoms with E-state index >= 15 is 0 Å². The lowest BCUT2D eigenvalue weighted by Crippen LogP contribution is -2.32. The molecule has 0 atom stereocenters. The minimum absolute atomic E-state index is 0.0528. The largest absolute Gasteiger partial charge is 0.488 e. The lowest BCUT2D eigenvalue weighted by molar-refractivity contribution is 0.00691. The van der Waals surface area contributed by atoms with Gasteiger partial charge in [0.05, 0.1) is 5.56 Å². The number of rotatable bonds is 2. The summed E-state index contributed by atoms with van der Waals surface area (Å²) < 4.78 is 18.2. The Hall–Kier alpha value is -1.40. The first kappa shape index (κ1) is 13.7. The zero-order valence-electron chi connectivity index (χ0n) is 9.90. The Kier molecular flexibility index (Phi) is 3.90. The van der Waals surface area contributed by atoms with Gasteiger partial charge in [-0.1, -0.05) is 0 Å². The molecule has 0 amide bonds. The Balaban J connectivity index is 3.02. The second-order valence-corrected chi connectivity index (χ2v) is 4.65. The van der Waals surface area contributed by atoms with Crippen LogP contribution in [0, 0.1) is 5.82 Å². The van der Waals surface area contributed by atoms with Gasteiger partial charge in [0, 0.05) is 0 Å². The van der Waals surface area contributed by atoms with Crippen molar-refractivity contribution < 1.29 is 24.0 Å². The zero-order chi connectivity index (χ0) is 13.2. The molecule has 17 heavy (non-hydrogen) atoms. The molecule has 2 N–H and O–H groups in total. The molecule has 0 heterocycles. The van der Waals surface area contributed by atoms with Crippen LogP contribution in [0.5, 0.6) is 0 Å². The molecule has 0 aliphatic carbocycles. The molecule has 0 aromatic heterocycles. The number of esters is 1. The van der Waals surface area contributed by atoms with Crippen molar-refractivity contribution in [3.05, 3.63) is 29.6 Å². The van der Waals surface area contributed by atoms with E-state index in [0.29, 0.717) is 0 Å². The number of benzene rings is 1. The van der Waals surface area contributed by atoms with Gasteiger partial charge < -0.3 is 14.8 Å². The Bertz CT molecular complexity index is 426. The number of hydrogen-bond donors (Lipinski definition) is 2. The lowest BCUT2D eigenvalue weighted by atomic mass is 9.79. The van der Waals surface area contributed by atoms with Crippen LogP contribution in [0.1, 0.15) is 31.1 Å². The molecule has 1 aromatic carbocycles. The summed E-state index contributed by atoms with van der Waals surface area (Å²) in [5, 5.41) is 17.8. The highest BCUT2D eigenvalue weighted by Crippen LogP contribution is 2.12. The number of hydrogen-bond acceptors (Lipinski definition) is 4. The van der Waals surface area contributed by atoms with Gasteiger partial charge in [0.2, 0.25) is 0 Å². The molecule has 92 valence electrons. The van der Waals surface area contributed by atoms with E-state index < -0.39 is 24.5 Å². The third-order valence-electron chi connectivity index (χ3n) is 1.85. The molecular weight excluding hydrogens is 226 g/mol. The van der Waals surface area contributed by atoms with Crippen LogP contribution < -0.4 is 5.46 Å². The van der Waals surface area contributed by atoms with Gasteiger partial charge in [0.1, 0.15) is 11.4 Å². The van der Waals surface area contributed by atoms with E-state index in [9.17, 15) is 9.18 Å². The van der Waals surface area contributed by atoms with Crippen LogP contribution in [-0.2, 0) is 4.74 Å². The van der Waals surface area contributed by atoms with Gasteiger partial charge in [-0.3, -0.25) is 0 Å². The van der Waals surface area contributed by atoms with Gasteiger partial charge >= 0.3 is 13.1 Å². The van der Waals surface area contributed by atoms with Gasteiger partial charge in [0.25, 0.3) is 0 Å². The fourth-order valence-corrected chi connectivity index (χ4v) is 1.22. The van der Waals surface area contributed by atoms with E-state index in [0.717, 1.165) is 12.1 Å². The van der Waals surface area contributed by atoms with Crippen LogP contribution >= 0.6 is 0 Å². The molecule has 0 spiro atoms. The summed E-state index contributed by atoms with van der Waals surface area (Å²) in [6.45, 7) is 5.06. The first-order chi connectivity index (χ1) is 7.69. The number of carbonyl (C=O) groups is 1. The quantitative estimate of drug-likeness (QED) is 0.582. The highest BCUT2D eigenvalue weighted by Gasteiger charge is 2.21. The van der Waals surface area contributed by atoms with E-state index in [1.54, 1.807) is 20.8 Å². The van der Waals surface area contributed by atoms with Crippen LogP contribution in [0.2, 0.25) is 0 Å². The molecule has 0 saturated carbocycles. The van der Waals surface area contributed by atoms with Gasteiger partial charge in [-0.05, 0) is 44.4 Å². The Morgan fingerprint density at radius 2 is 1.88 bits per heavy atom. The maximum Gasteiger partial charge on any atom is 0.488 e. The fourth-order valence-electron chi connectivity index (χ4n) is 1.22. The van der Waals surface area contributed by atoms with Crippen LogP contribution in [0.15, 0.2) is 18.2 Å². The first-order valence-corrected chi connectivity index (χ1v) is 5.09. The van der Waals surface area contributed by atoms with Crippen LogP contribution in [0.25, 0.3) is 0 Å². The summed E-state index contributed by atoms with van der Waals surface area (Å²) in [4.78, 5) is 11.6. The fraction of sp³-hybridized carbons (Fsp3) is 0.364. The van der Waals surface area contributed by atoms with Crippen molar-refractivity contribution >= 4 is 18.6 Å². The smallest absolute Gasteiger partial charge is 0.456 e. The van der Waals surface area contributed by atoms with E-state index in [2.05, 4.69) is 0 Å². The predicted molar refractivity (Wildman–Crippen MR) is 61.4 cm³/mol. The molecule has 0 radical (unpaired) electrons. The van der Waals surface area contributed by atoms with E-state index in [1.807, 2.05) is 0 Å². The van der Waals surface area contributed by atoms with Crippen molar-refractivity contribution in [2.45, 2.75) is 26.4 Å². The summed E-state index contributed by atoms with van der Waals surface area (Å²) in [6.07, 6.45) is 0. The van der Waals surface area contributed by atoms with Crippen molar-refractivity contribution in [1.82, 2.24) is 0 Å². The predicted octanol–water partition coefficient (Wildman–Crippen LogP) is 0.461. The molecule has 0 aliphatic rings. The topological polar surface area (TPSA) is 66.8 Å². The monoisotopic (exact) mass is 240 g/mol. The average molecular weight is 240 g/mol. The van der Waals surface area contributed by atoms with Crippen molar-refractivity contribution in [3.63, 3.8) is 0 Å². The van der Waals surface area contributed by atoms with Crippen LogP contribution in [0.4, 0.5) is 4.39 Å². The second kappa shape index (κ2) is 4.85. The molecule has 0 aliphatic heterocycles. The molecule has 4 nitrogen and oxygen atoms in total. The lowest BCUT2D eigenvalue weighted by Gasteiger charge is -2.19. The minimum atomic E-state index is -1.83. The maximum atomic E-state index is 13.2. The molecule has 1 rings (SSSR count). The molecule has 0 bridgehead atoms. The normalized spacial score (nSPS) is 11.2. The van der Waals surface area contributed by atoms with E-state index in [-0.39, 0.29) is 11.0 Å². The number of ether oxygens (including phenoxy) is 1. The molecule has 6 heteroatoms. The molecule has 1 aromatic rings. The van der Waals surface area contributed by atoms with Crippen molar-refractivity contribution in [1.29, 1.82) is 0 Å². The van der Waals surface area contributed by atoms with Gasteiger partial charge in [-0.2, -0.15) is 0 Å². The van der Waals surface area contributed by atoms with Crippen LogP contribution in [0.3, 0.4) is 0 Å². The second-order valence-electron chi connectivity index (χ2n) is 4.65. The van der Waals surface area contributed by atoms with E-state index in [4.69, 9.17) is 14.8 Å². The summed E-state index contributed by atoms with van der Waals surface area (Å²) in [7, 11) is -1.83. The molecule has 0 unspecified atom stereocenters. The highest BCUT2D eigenvalue weighted by atomic mass is 19.1. The molecule has 0 fully saturated rings. The third kappa shape index (κ3) is 4.16. The number of carbonyl (C=O) groups excluding carboxylic acids is 1. The summed E-state index contributed by atoms with van der Waals surface area (Å²) >= 11 is 0. The van der Waals surface area contributed by atoms with Gasteiger partial charge in [0.15, 0.2) is 0 Å². The Labute approximate surface area is 99.2 Å². The van der Waals surface area contributed by atoms with E-state index in [1.165, 1.54) is 6.07 Å². The standard InChI is InChI=1S/C11H14BFO4/c1-11(2,3)17-10(14)7-4-8(12(15)16)6-9(13)5-7/h4-6,15-16H,1-3H3. The summed E-state index contributed by atoms with van der Waals surface area (Å²) in [6, 6.07) is 3.11. The van der Waals surface area contributed by atoms with Gasteiger partial charge in [-0.15, -0.1) is 0 Å². The summed E-state index contributed by atoms with van der Waals surface area (Å²) in [5.41, 5.74) is -0.838. The average Bonchev–Trinajstić information content (AvgIpc) is 2.13. The summed E-state index contributed by atoms with van der Waals surface area (Å²) in [5.74, 6) is -1.43. The van der Waals surface area contributed by atoms with Crippen molar-refractivity contribution in [2.75, 3.05) is 0 Å². The molecular formula is C11H14BFO4. The minimum Gasteiger partial charge on any atom is -0.456 e. The maximum absolute atomic E-state index is 13.2. The SMILES string of the molecule is CC(C)(C)OC(=O)c1cc(F)cc(B(O)O)c1. The van der Waals surface area contributed by atoms with Crippen molar-refractivity contribution in [3.8, 4) is 0 Å². The van der Waals surface area contributed by atoms with Gasteiger partial charge in [-0.25, -0.2) is 9.18 Å².